The predicted molar refractivity (Wildman–Crippen MR) is 127 cm³/mol. The molecule has 27 heavy (non-hydrogen) atoms. The van der Waals surface area contributed by atoms with Gasteiger partial charge in [-0.25, -0.2) is 0 Å². The fraction of sp³-hybridized carbons (Fsp3) is 0.650. The Labute approximate surface area is 187 Å². The summed E-state index contributed by atoms with van der Waals surface area (Å²) in [6, 6.07) is 8.58. The summed E-state index contributed by atoms with van der Waals surface area (Å²) in [6.45, 7) is 2.89. The van der Waals surface area contributed by atoms with E-state index >= 15 is 0 Å². The zero-order valence-corrected chi connectivity index (χ0v) is 20.1. The Morgan fingerprint density at radius 3 is 2.59 bits per heavy atom. The molecule has 0 aromatic heterocycles. The van der Waals surface area contributed by atoms with Gasteiger partial charge in [-0.05, 0) is 49.8 Å². The summed E-state index contributed by atoms with van der Waals surface area (Å²) >= 11 is 6.02. The molecule has 0 saturated heterocycles. The number of aliphatic imine (C=N–C) groups is 1. The molecular weight excluding hydrogens is 493 g/mol. The minimum absolute atomic E-state index is 0. The molecule has 0 heterocycles. The Hall–Kier alpha value is -0.340. The van der Waals surface area contributed by atoms with E-state index in [0.29, 0.717) is 11.3 Å². The molecule has 0 aliphatic heterocycles. The van der Waals surface area contributed by atoms with Gasteiger partial charge in [-0.1, -0.05) is 37.1 Å². The summed E-state index contributed by atoms with van der Waals surface area (Å²) in [6.07, 6.45) is 6.72. The molecular formula is C20H31ClIN3OS. The van der Waals surface area contributed by atoms with Crippen LogP contribution in [-0.4, -0.2) is 40.8 Å². The zero-order chi connectivity index (χ0) is 18.6. The Bertz CT molecular complexity index is 664. The molecule has 3 atom stereocenters. The van der Waals surface area contributed by atoms with E-state index in [-0.39, 0.29) is 29.4 Å². The van der Waals surface area contributed by atoms with Crippen molar-refractivity contribution in [2.24, 2.45) is 4.99 Å². The summed E-state index contributed by atoms with van der Waals surface area (Å²) < 4.78 is 12.1. The number of rotatable bonds is 6. The van der Waals surface area contributed by atoms with E-state index in [1.807, 2.05) is 26.1 Å². The van der Waals surface area contributed by atoms with Gasteiger partial charge in [-0.3, -0.25) is 9.20 Å². The van der Waals surface area contributed by atoms with Crippen molar-refractivity contribution in [1.82, 2.24) is 10.6 Å². The van der Waals surface area contributed by atoms with E-state index in [2.05, 4.69) is 27.8 Å². The first kappa shape index (κ1) is 22.9. The first-order valence-corrected chi connectivity index (χ1v) is 11.4. The maximum absolute atomic E-state index is 12.1. The van der Waals surface area contributed by atoms with Crippen molar-refractivity contribution >= 4 is 52.3 Å². The normalized spacial score (nSPS) is 25.2. The first-order valence-electron chi connectivity index (χ1n) is 9.67. The number of hydrogen-bond acceptors (Lipinski definition) is 2. The van der Waals surface area contributed by atoms with Gasteiger partial charge in [-0.15, -0.1) is 24.0 Å². The number of hydrogen-bond donors (Lipinski definition) is 2. The smallest absolute Gasteiger partial charge is 0.191 e. The van der Waals surface area contributed by atoms with E-state index in [9.17, 15) is 4.21 Å². The minimum atomic E-state index is -0.697. The third kappa shape index (κ3) is 6.07. The van der Waals surface area contributed by atoms with Crippen LogP contribution in [0.5, 0.6) is 0 Å². The highest BCUT2D eigenvalue weighted by Crippen LogP contribution is 2.47. The largest absolute Gasteiger partial charge is 0.356 e. The second-order valence-corrected chi connectivity index (χ2v) is 9.95. The molecule has 1 aromatic carbocycles. The van der Waals surface area contributed by atoms with Crippen LogP contribution in [0.15, 0.2) is 29.3 Å². The molecule has 152 valence electrons. The molecule has 0 bridgehead atoms. The van der Waals surface area contributed by atoms with Gasteiger partial charge in [0, 0.05) is 51.9 Å². The van der Waals surface area contributed by atoms with E-state index in [4.69, 9.17) is 11.6 Å². The fourth-order valence-corrected chi connectivity index (χ4v) is 5.39. The van der Waals surface area contributed by atoms with Crippen LogP contribution in [0.3, 0.4) is 0 Å². The molecule has 2 aliphatic carbocycles. The Kier molecular flexibility index (Phi) is 8.87. The van der Waals surface area contributed by atoms with Crippen molar-refractivity contribution in [1.29, 1.82) is 0 Å². The third-order valence-electron chi connectivity index (χ3n) is 5.75. The lowest BCUT2D eigenvalue weighted by Gasteiger charge is -2.30. The highest BCUT2D eigenvalue weighted by Gasteiger charge is 2.44. The summed E-state index contributed by atoms with van der Waals surface area (Å²) in [4.78, 5) is 4.41. The lowest BCUT2D eigenvalue weighted by atomic mass is 9.95. The molecule has 2 fully saturated rings. The van der Waals surface area contributed by atoms with Crippen LogP contribution in [0, 0.1) is 0 Å². The van der Waals surface area contributed by atoms with Crippen LogP contribution in [0.4, 0.5) is 0 Å². The molecule has 4 nitrogen and oxygen atoms in total. The summed E-state index contributed by atoms with van der Waals surface area (Å²) in [5.74, 6) is 1.62. The first-order chi connectivity index (χ1) is 12.6. The standard InChI is InChI=1S/C20H30ClN3OS.HI/c1-3-26(25)18-6-4-5-17(13-18)24-19(22-2)23-14-20(11-12-20)15-7-9-16(21)10-8-15;/h7-10,17-18H,3-6,11-14H2,1-2H3,(H2,22,23,24);1H. The van der Waals surface area contributed by atoms with Crippen molar-refractivity contribution in [3.05, 3.63) is 34.9 Å². The van der Waals surface area contributed by atoms with Crippen molar-refractivity contribution < 1.29 is 4.21 Å². The van der Waals surface area contributed by atoms with Crippen LogP contribution in [0.2, 0.25) is 5.02 Å². The van der Waals surface area contributed by atoms with E-state index in [0.717, 1.165) is 49.0 Å². The summed E-state index contributed by atoms with van der Waals surface area (Å²) in [5.41, 5.74) is 1.56. The molecule has 7 heteroatoms. The molecule has 0 radical (unpaired) electrons. The Morgan fingerprint density at radius 1 is 1.30 bits per heavy atom. The molecule has 0 spiro atoms. The third-order valence-corrected chi connectivity index (χ3v) is 7.74. The monoisotopic (exact) mass is 523 g/mol. The second-order valence-electron chi connectivity index (χ2n) is 7.51. The summed E-state index contributed by atoms with van der Waals surface area (Å²) in [5, 5.41) is 8.19. The van der Waals surface area contributed by atoms with Crippen molar-refractivity contribution in [2.45, 2.75) is 62.2 Å². The maximum Gasteiger partial charge on any atom is 0.191 e. The number of nitrogens with zero attached hydrogens (tertiary/aromatic N) is 1. The fourth-order valence-electron chi connectivity index (χ4n) is 3.91. The van der Waals surface area contributed by atoms with Crippen LogP contribution in [-0.2, 0) is 16.2 Å². The lowest BCUT2D eigenvalue weighted by molar-refractivity contribution is 0.413. The van der Waals surface area contributed by atoms with Crippen LogP contribution < -0.4 is 10.6 Å². The summed E-state index contributed by atoms with van der Waals surface area (Å²) in [7, 11) is 1.12. The Balaban J connectivity index is 0.00000261. The van der Waals surface area contributed by atoms with E-state index in [1.165, 1.54) is 18.4 Å². The van der Waals surface area contributed by atoms with Gasteiger partial charge < -0.3 is 10.6 Å². The van der Waals surface area contributed by atoms with Gasteiger partial charge in [-0.2, -0.15) is 0 Å². The van der Waals surface area contributed by atoms with Crippen LogP contribution in [0.1, 0.15) is 51.0 Å². The zero-order valence-electron chi connectivity index (χ0n) is 16.2. The molecule has 2 N–H and O–H groups in total. The van der Waals surface area contributed by atoms with Crippen molar-refractivity contribution in [3.63, 3.8) is 0 Å². The van der Waals surface area contributed by atoms with Gasteiger partial charge >= 0.3 is 0 Å². The van der Waals surface area contributed by atoms with Crippen LogP contribution >= 0.6 is 35.6 Å². The maximum atomic E-state index is 12.1. The highest BCUT2D eigenvalue weighted by molar-refractivity contribution is 14.0. The minimum Gasteiger partial charge on any atom is -0.356 e. The van der Waals surface area contributed by atoms with E-state index in [1.54, 1.807) is 0 Å². The average Bonchev–Trinajstić information content (AvgIpc) is 3.46. The average molecular weight is 524 g/mol. The van der Waals surface area contributed by atoms with Crippen molar-refractivity contribution in [2.75, 3.05) is 19.3 Å². The molecule has 3 rings (SSSR count). The van der Waals surface area contributed by atoms with Gasteiger partial charge in [0.25, 0.3) is 0 Å². The molecule has 3 unspecified atom stereocenters. The lowest BCUT2D eigenvalue weighted by Crippen LogP contribution is -2.48. The highest BCUT2D eigenvalue weighted by atomic mass is 127. The van der Waals surface area contributed by atoms with Gasteiger partial charge in [0.1, 0.15) is 0 Å². The molecule has 2 aliphatic rings. The predicted octanol–water partition coefficient (Wildman–Crippen LogP) is 4.23. The van der Waals surface area contributed by atoms with Gasteiger partial charge in [0.2, 0.25) is 0 Å². The van der Waals surface area contributed by atoms with Crippen LogP contribution in [0.25, 0.3) is 0 Å². The topological polar surface area (TPSA) is 53.5 Å². The van der Waals surface area contributed by atoms with Gasteiger partial charge in [0.05, 0.1) is 0 Å². The molecule has 2 saturated carbocycles. The van der Waals surface area contributed by atoms with E-state index < -0.39 is 10.8 Å². The Morgan fingerprint density at radius 2 is 2.00 bits per heavy atom. The number of nitrogens with one attached hydrogen (secondary N) is 2. The van der Waals surface area contributed by atoms with Crippen molar-refractivity contribution in [3.8, 4) is 0 Å². The SMILES string of the molecule is CCS(=O)C1CCCC(NC(=NC)NCC2(c3ccc(Cl)cc3)CC2)C1.I. The number of guanidine groups is 1. The van der Waals surface area contributed by atoms with Gasteiger partial charge in [0.15, 0.2) is 5.96 Å². The second kappa shape index (κ2) is 10.4. The number of halogens is 2. The number of benzene rings is 1. The quantitative estimate of drug-likeness (QED) is 0.333. The molecule has 1 aromatic rings. The molecule has 0 amide bonds.